The number of esters is 2. The molecule has 8 heteroatoms. The Kier molecular flexibility index (Phi) is 8.00. The second-order valence-electron chi connectivity index (χ2n) is 15.6. The minimum Gasteiger partial charge on any atom is -0.423 e. The molecule has 4 aliphatic carbocycles. The van der Waals surface area contributed by atoms with Crippen LogP contribution in [-0.4, -0.2) is 23.0 Å². The molecule has 1 amide bonds. The van der Waals surface area contributed by atoms with Crippen LogP contribution in [0.3, 0.4) is 0 Å². The molecule has 7 nitrogen and oxygen atoms in total. The van der Waals surface area contributed by atoms with E-state index >= 15 is 0 Å². The molecule has 44 heavy (non-hydrogen) atoms. The number of carbonyl (C=O) groups is 4. The molecule has 0 spiro atoms. The first-order valence-corrected chi connectivity index (χ1v) is 17.0. The standard InChI is InChI=1S/C36H49NO6S/c1-20(2)30(40)44-27-18-28-34(7,24-17-26(43-22(4)39)25(16-23(24)27)42-21(3)38)13-15-36(9)29-19-33(6,31(37)41)11-10-32(29,5)12-14-35(28,36)8/h16-18,20,27,29H,10-15,19H2,1-9H3,(H2,37,41)/t27?,29-,32-,33-,34+,35-,36+/m1/s1. The Morgan fingerprint density at radius 2 is 1.45 bits per heavy atom. The number of carbonyl (C=O) groups excluding carboxylic acids is 4. The van der Waals surface area contributed by atoms with Crippen molar-refractivity contribution in [2.24, 2.45) is 39.2 Å². The fourth-order valence-electron chi connectivity index (χ4n) is 9.41. The highest BCUT2D eigenvalue weighted by molar-refractivity contribution is 8.14. The van der Waals surface area contributed by atoms with Crippen LogP contribution in [0.15, 0.2) is 23.8 Å². The highest BCUT2D eigenvalue weighted by Crippen LogP contribution is 2.75. The Hall–Kier alpha value is -2.61. The van der Waals surface area contributed by atoms with Crippen molar-refractivity contribution < 1.29 is 28.7 Å². The molecule has 4 aliphatic rings. The van der Waals surface area contributed by atoms with Gasteiger partial charge in [0.25, 0.3) is 0 Å². The number of primary amides is 1. The summed E-state index contributed by atoms with van der Waals surface area (Å²) in [6.07, 6.45) is 8.83. The summed E-state index contributed by atoms with van der Waals surface area (Å²) in [5.41, 5.74) is 8.20. The second-order valence-corrected chi connectivity index (χ2v) is 16.7. The summed E-state index contributed by atoms with van der Waals surface area (Å²) in [7, 11) is 0. The zero-order valence-corrected chi connectivity index (χ0v) is 28.7. The summed E-state index contributed by atoms with van der Waals surface area (Å²) in [6.45, 7) is 18.1. The lowest BCUT2D eigenvalue weighted by Crippen LogP contribution is -2.63. The number of benzene rings is 1. The van der Waals surface area contributed by atoms with E-state index in [4.69, 9.17) is 15.2 Å². The number of fused-ring (bicyclic) bond motifs is 7. The van der Waals surface area contributed by atoms with Crippen molar-refractivity contribution >= 4 is 34.7 Å². The quantitative estimate of drug-likeness (QED) is 0.204. The minimum atomic E-state index is -0.520. The monoisotopic (exact) mass is 623 g/mol. The van der Waals surface area contributed by atoms with Crippen molar-refractivity contribution in [2.75, 3.05) is 0 Å². The van der Waals surface area contributed by atoms with Crippen LogP contribution in [-0.2, 0) is 24.6 Å². The average Bonchev–Trinajstić information content (AvgIpc) is 2.92. The molecule has 0 bridgehead atoms. The van der Waals surface area contributed by atoms with E-state index in [1.54, 1.807) is 6.07 Å². The van der Waals surface area contributed by atoms with Crippen molar-refractivity contribution in [1.29, 1.82) is 0 Å². The Bertz CT molecular complexity index is 1470. The van der Waals surface area contributed by atoms with Gasteiger partial charge in [-0.1, -0.05) is 71.9 Å². The first-order chi connectivity index (χ1) is 20.3. The predicted octanol–water partition coefficient (Wildman–Crippen LogP) is 7.59. The van der Waals surface area contributed by atoms with Crippen molar-refractivity contribution in [3.8, 4) is 11.5 Å². The maximum atomic E-state index is 13.3. The van der Waals surface area contributed by atoms with Gasteiger partial charge in [-0.15, -0.1) is 0 Å². The maximum absolute atomic E-state index is 13.3. The number of hydrogen-bond acceptors (Lipinski definition) is 7. The van der Waals surface area contributed by atoms with Crippen molar-refractivity contribution in [3.05, 3.63) is 34.9 Å². The largest absolute Gasteiger partial charge is 0.423 e. The molecule has 2 N–H and O–H groups in total. The zero-order chi connectivity index (χ0) is 32.6. The Labute approximate surface area is 266 Å². The Balaban J connectivity index is 1.70. The Morgan fingerprint density at radius 1 is 0.864 bits per heavy atom. The number of amides is 1. The van der Waals surface area contributed by atoms with Crippen LogP contribution in [0.2, 0.25) is 0 Å². The van der Waals surface area contributed by atoms with Crippen molar-refractivity contribution in [3.63, 3.8) is 0 Å². The molecule has 0 saturated heterocycles. The highest BCUT2D eigenvalue weighted by Gasteiger charge is 2.67. The summed E-state index contributed by atoms with van der Waals surface area (Å²) < 4.78 is 11.2. The first kappa shape index (κ1) is 32.8. The summed E-state index contributed by atoms with van der Waals surface area (Å²) in [5.74, 6) is -0.652. The van der Waals surface area contributed by atoms with Crippen molar-refractivity contribution in [1.82, 2.24) is 0 Å². The molecule has 1 aromatic rings. The highest BCUT2D eigenvalue weighted by atomic mass is 32.2. The lowest BCUT2D eigenvalue weighted by atomic mass is 9.34. The van der Waals surface area contributed by atoms with Crippen molar-refractivity contribution in [2.45, 2.75) is 118 Å². The number of rotatable bonds is 5. The van der Waals surface area contributed by atoms with E-state index in [1.165, 1.54) is 31.2 Å². The van der Waals surface area contributed by atoms with Gasteiger partial charge in [-0.3, -0.25) is 19.2 Å². The molecule has 1 aromatic carbocycles. The average molecular weight is 624 g/mol. The van der Waals surface area contributed by atoms with Crippen LogP contribution in [0, 0.1) is 33.5 Å². The van der Waals surface area contributed by atoms with Gasteiger partial charge in [0.2, 0.25) is 5.91 Å². The van der Waals surface area contributed by atoms with Gasteiger partial charge in [0, 0.05) is 30.6 Å². The smallest absolute Gasteiger partial charge is 0.308 e. The SMILES string of the molecule is CC(=O)Oc1cc2c(cc1OC(C)=O)[C@]1(C)CC[C@@]3(C)[C@@H]4C[C@](C)(C(N)=O)CC[C@]4(C)CC[C@]3(C)C1=CC2SC(=O)C(C)C. The van der Waals surface area contributed by atoms with Gasteiger partial charge >= 0.3 is 11.9 Å². The molecule has 5 rings (SSSR count). The third-order valence-electron chi connectivity index (χ3n) is 12.5. The van der Waals surface area contributed by atoms with Crippen LogP contribution in [0.5, 0.6) is 11.5 Å². The summed E-state index contributed by atoms with van der Waals surface area (Å²) in [6, 6.07) is 3.67. The number of nitrogens with two attached hydrogens (primary N) is 1. The van der Waals surface area contributed by atoms with Gasteiger partial charge in [-0.05, 0) is 90.4 Å². The van der Waals surface area contributed by atoms with E-state index in [0.29, 0.717) is 5.92 Å². The van der Waals surface area contributed by atoms with E-state index in [2.05, 4.69) is 40.7 Å². The normalized spacial score (nSPS) is 37.5. The van der Waals surface area contributed by atoms with Crippen LogP contribution >= 0.6 is 11.8 Å². The molecule has 3 saturated carbocycles. The summed E-state index contributed by atoms with van der Waals surface area (Å²) in [4.78, 5) is 50.2. The topological polar surface area (TPSA) is 113 Å². The lowest BCUT2D eigenvalue weighted by Gasteiger charge is -2.70. The van der Waals surface area contributed by atoms with Crippen LogP contribution in [0.1, 0.15) is 124 Å². The van der Waals surface area contributed by atoms with E-state index < -0.39 is 17.4 Å². The van der Waals surface area contributed by atoms with Gasteiger partial charge in [-0.25, -0.2) is 0 Å². The second kappa shape index (κ2) is 10.7. The molecule has 3 fully saturated rings. The zero-order valence-electron chi connectivity index (χ0n) is 27.8. The molecule has 1 unspecified atom stereocenters. The number of thioether (sulfide) groups is 1. The number of allylic oxidation sites excluding steroid dienone is 1. The van der Waals surface area contributed by atoms with Gasteiger partial charge in [0.05, 0.1) is 5.25 Å². The van der Waals surface area contributed by atoms with Crippen LogP contribution in [0.4, 0.5) is 0 Å². The fraction of sp³-hybridized carbons (Fsp3) is 0.667. The predicted molar refractivity (Wildman–Crippen MR) is 172 cm³/mol. The third kappa shape index (κ3) is 4.94. The molecule has 240 valence electrons. The summed E-state index contributed by atoms with van der Waals surface area (Å²) >= 11 is 1.31. The lowest BCUT2D eigenvalue weighted by molar-refractivity contribution is -0.166. The van der Waals surface area contributed by atoms with Gasteiger partial charge in [-0.2, -0.15) is 0 Å². The van der Waals surface area contributed by atoms with E-state index in [1.807, 2.05) is 19.9 Å². The number of ether oxygens (including phenoxy) is 2. The fourth-order valence-corrected chi connectivity index (χ4v) is 10.5. The van der Waals surface area contributed by atoms with Gasteiger partial charge < -0.3 is 15.2 Å². The maximum Gasteiger partial charge on any atom is 0.308 e. The molecule has 0 aliphatic heterocycles. The molecule has 7 atom stereocenters. The van der Waals surface area contributed by atoms with Gasteiger partial charge in [0.15, 0.2) is 16.6 Å². The van der Waals surface area contributed by atoms with E-state index in [9.17, 15) is 19.2 Å². The van der Waals surface area contributed by atoms with E-state index in [0.717, 1.165) is 56.1 Å². The van der Waals surface area contributed by atoms with Gasteiger partial charge in [0.1, 0.15) is 0 Å². The molecule has 0 heterocycles. The molecular weight excluding hydrogens is 574 g/mol. The third-order valence-corrected chi connectivity index (χ3v) is 13.8. The molecular formula is C36H49NO6S. The minimum absolute atomic E-state index is 0.0870. The van der Waals surface area contributed by atoms with E-state index in [-0.39, 0.29) is 55.3 Å². The Morgan fingerprint density at radius 3 is 2.02 bits per heavy atom. The molecule has 0 radical (unpaired) electrons. The first-order valence-electron chi connectivity index (χ1n) is 16.1. The van der Waals surface area contributed by atoms with Crippen LogP contribution < -0.4 is 15.2 Å². The number of hydrogen-bond donors (Lipinski definition) is 1. The van der Waals surface area contributed by atoms with Crippen LogP contribution in [0.25, 0.3) is 0 Å². The molecule has 0 aromatic heterocycles. The summed E-state index contributed by atoms with van der Waals surface area (Å²) in [5, 5.41) is -0.206.